The predicted molar refractivity (Wildman–Crippen MR) is 71.6 cm³/mol. The number of halogens is 1. The van der Waals surface area contributed by atoms with Crippen molar-refractivity contribution in [3.05, 3.63) is 11.1 Å². The molecule has 0 unspecified atom stereocenters. The normalized spacial score (nSPS) is 18.9. The Hall–Kier alpha value is -0.490. The molecule has 1 N–H and O–H groups in total. The van der Waals surface area contributed by atoms with E-state index in [1.165, 1.54) is 38.3 Å². The quantitative estimate of drug-likeness (QED) is 0.868. The van der Waals surface area contributed by atoms with Crippen molar-refractivity contribution in [3.63, 3.8) is 0 Å². The molecule has 94 valence electrons. The van der Waals surface area contributed by atoms with E-state index in [1.54, 1.807) is 0 Å². The van der Waals surface area contributed by atoms with E-state index in [-0.39, 0.29) is 11.3 Å². The fourth-order valence-electron chi connectivity index (χ4n) is 2.28. The molecule has 17 heavy (non-hydrogen) atoms. The maximum atomic E-state index is 11.8. The van der Waals surface area contributed by atoms with Gasteiger partial charge in [-0.1, -0.05) is 39.7 Å². The first-order valence-corrected chi connectivity index (χ1v) is 7.77. The first-order chi connectivity index (χ1) is 8.26. The van der Waals surface area contributed by atoms with Gasteiger partial charge in [0.25, 0.3) is 5.91 Å². The van der Waals surface area contributed by atoms with Gasteiger partial charge in [-0.2, -0.15) is 0 Å². The molecule has 0 radical (unpaired) electrons. The van der Waals surface area contributed by atoms with Crippen LogP contribution < -0.4 is 5.32 Å². The first-order valence-electron chi connectivity index (χ1n) is 5.87. The highest BCUT2D eigenvalue weighted by molar-refractivity contribution is 9.09. The van der Waals surface area contributed by atoms with Gasteiger partial charge in [-0.25, -0.2) is 0 Å². The van der Waals surface area contributed by atoms with Gasteiger partial charge in [-0.15, -0.1) is 5.10 Å². The molecule has 0 atom stereocenters. The molecule has 1 aromatic rings. The van der Waals surface area contributed by atoms with Gasteiger partial charge in [-0.3, -0.25) is 4.79 Å². The largest absolute Gasteiger partial charge is 0.351 e. The highest BCUT2D eigenvalue weighted by Gasteiger charge is 2.31. The zero-order valence-electron chi connectivity index (χ0n) is 9.62. The van der Waals surface area contributed by atoms with Crippen molar-refractivity contribution >= 4 is 33.4 Å². The highest BCUT2D eigenvalue weighted by Crippen LogP contribution is 2.37. The number of carbonyl (C=O) groups excluding carboxylic acids is 1. The molecule has 1 fully saturated rings. The summed E-state index contributed by atoms with van der Waals surface area (Å²) in [5, 5.41) is 7.64. The summed E-state index contributed by atoms with van der Waals surface area (Å²) < 4.78 is 3.70. The Kier molecular flexibility index (Phi) is 4.50. The first kappa shape index (κ1) is 13.0. The van der Waals surface area contributed by atoms with Gasteiger partial charge < -0.3 is 5.32 Å². The topological polar surface area (TPSA) is 54.9 Å². The fourth-order valence-corrected chi connectivity index (χ4v) is 3.47. The van der Waals surface area contributed by atoms with E-state index >= 15 is 0 Å². The number of nitrogens with one attached hydrogen (secondary N) is 1. The number of nitrogens with zero attached hydrogens (tertiary/aromatic N) is 2. The Morgan fingerprint density at radius 3 is 2.82 bits per heavy atom. The third kappa shape index (κ3) is 3.25. The number of carbonyl (C=O) groups is 1. The van der Waals surface area contributed by atoms with E-state index in [9.17, 15) is 4.79 Å². The SMILES string of the molecule is O=C(NCC1(CBr)CCCCC1)c1cnns1. The molecule has 0 spiro atoms. The summed E-state index contributed by atoms with van der Waals surface area (Å²) in [4.78, 5) is 12.4. The van der Waals surface area contributed by atoms with Crippen molar-refractivity contribution < 1.29 is 4.79 Å². The molecule has 1 aliphatic carbocycles. The molecule has 0 aliphatic heterocycles. The predicted octanol–water partition coefficient (Wildman–Crippen LogP) is 2.61. The minimum Gasteiger partial charge on any atom is -0.351 e. The van der Waals surface area contributed by atoms with Gasteiger partial charge in [0.1, 0.15) is 4.88 Å². The second kappa shape index (κ2) is 5.91. The molecular formula is C11H16BrN3OS. The average Bonchev–Trinajstić information content (AvgIpc) is 2.91. The number of alkyl halides is 1. The lowest BCUT2D eigenvalue weighted by Gasteiger charge is -2.35. The molecule has 1 saturated carbocycles. The second-order valence-electron chi connectivity index (χ2n) is 4.66. The monoisotopic (exact) mass is 317 g/mol. The summed E-state index contributed by atoms with van der Waals surface area (Å²) in [6.07, 6.45) is 7.76. The van der Waals surface area contributed by atoms with Crippen molar-refractivity contribution in [1.82, 2.24) is 14.9 Å². The smallest absolute Gasteiger partial charge is 0.264 e. The van der Waals surface area contributed by atoms with E-state index in [2.05, 4.69) is 30.8 Å². The van der Waals surface area contributed by atoms with Gasteiger partial charge in [0.2, 0.25) is 0 Å². The van der Waals surface area contributed by atoms with Gasteiger partial charge in [0.05, 0.1) is 6.20 Å². The maximum Gasteiger partial charge on any atom is 0.264 e. The summed E-state index contributed by atoms with van der Waals surface area (Å²) >= 11 is 4.73. The van der Waals surface area contributed by atoms with E-state index in [4.69, 9.17) is 0 Å². The molecule has 1 aromatic heterocycles. The summed E-state index contributed by atoms with van der Waals surface area (Å²) in [7, 11) is 0. The van der Waals surface area contributed by atoms with E-state index < -0.39 is 0 Å². The lowest BCUT2D eigenvalue weighted by atomic mass is 9.75. The van der Waals surface area contributed by atoms with Crippen LogP contribution >= 0.6 is 27.5 Å². The fraction of sp³-hybridized carbons (Fsp3) is 0.727. The molecule has 6 heteroatoms. The number of hydrogen-bond acceptors (Lipinski definition) is 4. The van der Waals surface area contributed by atoms with Crippen LogP contribution in [-0.2, 0) is 0 Å². The Morgan fingerprint density at radius 2 is 2.24 bits per heavy atom. The zero-order valence-corrected chi connectivity index (χ0v) is 12.0. The van der Waals surface area contributed by atoms with Crippen LogP contribution in [0.4, 0.5) is 0 Å². The lowest BCUT2D eigenvalue weighted by Crippen LogP contribution is -2.40. The number of hydrogen-bond donors (Lipinski definition) is 1. The summed E-state index contributed by atoms with van der Waals surface area (Å²) in [5.41, 5.74) is 0.242. The number of rotatable bonds is 4. The van der Waals surface area contributed by atoms with Crippen LogP contribution in [0.25, 0.3) is 0 Å². The molecule has 1 amide bonds. The van der Waals surface area contributed by atoms with Crippen molar-refractivity contribution in [2.45, 2.75) is 32.1 Å². The van der Waals surface area contributed by atoms with Crippen LogP contribution in [0, 0.1) is 5.41 Å². The average molecular weight is 318 g/mol. The Morgan fingerprint density at radius 1 is 1.47 bits per heavy atom. The van der Waals surface area contributed by atoms with Crippen LogP contribution in [0.5, 0.6) is 0 Å². The second-order valence-corrected chi connectivity index (χ2v) is 6.01. The van der Waals surface area contributed by atoms with Gasteiger partial charge in [0, 0.05) is 11.9 Å². The van der Waals surface area contributed by atoms with Crippen LogP contribution in [0.15, 0.2) is 6.20 Å². The molecule has 1 heterocycles. The molecule has 1 aliphatic rings. The molecule has 0 bridgehead atoms. The van der Waals surface area contributed by atoms with Crippen molar-refractivity contribution in [1.29, 1.82) is 0 Å². The van der Waals surface area contributed by atoms with Crippen molar-refractivity contribution in [2.24, 2.45) is 5.41 Å². The van der Waals surface area contributed by atoms with Gasteiger partial charge in [-0.05, 0) is 29.8 Å². The van der Waals surface area contributed by atoms with Gasteiger partial charge >= 0.3 is 0 Å². The van der Waals surface area contributed by atoms with Crippen LogP contribution in [0.3, 0.4) is 0 Å². The summed E-state index contributed by atoms with van der Waals surface area (Å²) in [6.45, 7) is 0.745. The minimum absolute atomic E-state index is 0.0501. The third-order valence-electron chi connectivity index (χ3n) is 3.41. The third-order valence-corrected chi connectivity index (χ3v) is 5.26. The number of amides is 1. The van der Waals surface area contributed by atoms with Crippen LogP contribution in [0.1, 0.15) is 41.8 Å². The standard InChI is InChI=1S/C11H16BrN3OS/c12-7-11(4-2-1-3-5-11)8-13-10(16)9-6-14-15-17-9/h6H,1-5,7-8H2,(H,13,16). The van der Waals surface area contributed by atoms with Crippen LogP contribution in [0.2, 0.25) is 0 Å². The Labute approximate surface area is 113 Å². The highest BCUT2D eigenvalue weighted by atomic mass is 79.9. The van der Waals surface area contributed by atoms with Gasteiger partial charge in [0.15, 0.2) is 0 Å². The lowest BCUT2D eigenvalue weighted by molar-refractivity contribution is 0.0926. The summed E-state index contributed by atoms with van der Waals surface area (Å²) in [6, 6.07) is 0. The molecule has 0 saturated heterocycles. The summed E-state index contributed by atoms with van der Waals surface area (Å²) in [5.74, 6) is -0.0501. The Bertz CT molecular complexity index is 363. The molecular weight excluding hydrogens is 302 g/mol. The van der Waals surface area contributed by atoms with Crippen molar-refractivity contribution in [2.75, 3.05) is 11.9 Å². The van der Waals surface area contributed by atoms with Crippen molar-refractivity contribution in [3.8, 4) is 0 Å². The Balaban J connectivity index is 1.89. The van der Waals surface area contributed by atoms with E-state index in [0.717, 1.165) is 23.4 Å². The molecule has 4 nitrogen and oxygen atoms in total. The zero-order chi connectivity index (χ0) is 12.1. The molecule has 2 rings (SSSR count). The molecule has 0 aromatic carbocycles. The number of aromatic nitrogens is 2. The minimum atomic E-state index is -0.0501. The van der Waals surface area contributed by atoms with E-state index in [0.29, 0.717) is 4.88 Å². The van der Waals surface area contributed by atoms with Crippen LogP contribution in [-0.4, -0.2) is 27.4 Å². The van der Waals surface area contributed by atoms with E-state index in [1.807, 2.05) is 0 Å². The maximum absolute atomic E-state index is 11.8.